The molecule has 22 heavy (non-hydrogen) atoms. The zero-order valence-electron chi connectivity index (χ0n) is 12.2. The summed E-state index contributed by atoms with van der Waals surface area (Å²) in [6.07, 6.45) is 0.146. The van der Waals surface area contributed by atoms with Gasteiger partial charge < -0.3 is 0 Å². The zero-order valence-corrected chi connectivity index (χ0v) is 13.7. The molecule has 0 heterocycles. The molecule has 0 aliphatic rings. The smallest absolute Gasteiger partial charge is 0.179 e. The van der Waals surface area contributed by atoms with E-state index in [4.69, 9.17) is 16.9 Å². The lowest BCUT2D eigenvalue weighted by Crippen LogP contribution is -2.15. The minimum Gasteiger partial charge on any atom is -0.224 e. The maximum Gasteiger partial charge on any atom is 0.179 e. The Hall–Kier alpha value is -1.83. The fraction of sp³-hybridized carbons (Fsp3) is 0.235. The van der Waals surface area contributed by atoms with Crippen LogP contribution in [0, 0.1) is 18.3 Å². The van der Waals surface area contributed by atoms with Crippen LogP contribution in [0.15, 0.2) is 53.4 Å². The average molecular weight is 334 g/mol. The van der Waals surface area contributed by atoms with Crippen LogP contribution in [0.1, 0.15) is 23.5 Å². The second-order valence-corrected chi connectivity index (χ2v) is 7.68. The molecule has 0 radical (unpaired) electrons. The highest BCUT2D eigenvalue weighted by atomic mass is 35.5. The molecular weight excluding hydrogens is 318 g/mol. The first-order valence-electron chi connectivity index (χ1n) is 6.84. The van der Waals surface area contributed by atoms with Crippen molar-refractivity contribution in [2.75, 3.05) is 5.75 Å². The van der Waals surface area contributed by atoms with Gasteiger partial charge in [-0.1, -0.05) is 41.4 Å². The van der Waals surface area contributed by atoms with Crippen LogP contribution in [0.5, 0.6) is 0 Å². The van der Waals surface area contributed by atoms with Crippen LogP contribution >= 0.6 is 11.6 Å². The van der Waals surface area contributed by atoms with E-state index in [1.165, 1.54) is 0 Å². The normalized spacial score (nSPS) is 12.6. The third-order valence-corrected chi connectivity index (χ3v) is 5.56. The fourth-order valence-electron chi connectivity index (χ4n) is 2.22. The Bertz CT molecular complexity index is 775. The van der Waals surface area contributed by atoms with Gasteiger partial charge in [0.15, 0.2) is 9.84 Å². The molecule has 1 atom stereocenters. The van der Waals surface area contributed by atoms with Crippen LogP contribution in [0.4, 0.5) is 0 Å². The Morgan fingerprint density at radius 3 is 2.23 bits per heavy atom. The Balaban J connectivity index is 2.29. The molecule has 0 saturated carbocycles. The Labute approximate surface area is 136 Å². The summed E-state index contributed by atoms with van der Waals surface area (Å²) in [7, 11) is -3.44. The van der Waals surface area contributed by atoms with Crippen molar-refractivity contribution in [2.45, 2.75) is 24.2 Å². The highest BCUT2D eigenvalue weighted by molar-refractivity contribution is 7.91. The zero-order chi connectivity index (χ0) is 16.2. The molecule has 0 aromatic heterocycles. The number of halogens is 1. The van der Waals surface area contributed by atoms with Gasteiger partial charge in [-0.15, -0.1) is 0 Å². The van der Waals surface area contributed by atoms with E-state index in [2.05, 4.69) is 6.07 Å². The summed E-state index contributed by atoms with van der Waals surface area (Å²) in [5, 5.41) is 9.57. The van der Waals surface area contributed by atoms with Crippen molar-refractivity contribution in [2.24, 2.45) is 0 Å². The van der Waals surface area contributed by atoms with E-state index in [-0.39, 0.29) is 23.0 Å². The number of benzene rings is 2. The van der Waals surface area contributed by atoms with E-state index in [0.29, 0.717) is 5.02 Å². The Morgan fingerprint density at radius 2 is 1.68 bits per heavy atom. The van der Waals surface area contributed by atoms with Gasteiger partial charge in [0, 0.05) is 17.4 Å². The highest BCUT2D eigenvalue weighted by Crippen LogP contribution is 2.26. The fourth-order valence-corrected chi connectivity index (χ4v) is 3.93. The van der Waals surface area contributed by atoms with Crippen LogP contribution < -0.4 is 0 Å². The van der Waals surface area contributed by atoms with E-state index in [9.17, 15) is 8.42 Å². The molecular formula is C17H16ClNO2S. The van der Waals surface area contributed by atoms with Gasteiger partial charge in [-0.2, -0.15) is 5.26 Å². The van der Waals surface area contributed by atoms with Crippen molar-refractivity contribution in [3.05, 3.63) is 64.7 Å². The molecule has 0 N–H and O–H groups in total. The molecule has 3 nitrogen and oxygen atoms in total. The third kappa shape index (κ3) is 4.09. The average Bonchev–Trinajstić information content (AvgIpc) is 2.48. The third-order valence-electron chi connectivity index (χ3n) is 3.48. The quantitative estimate of drug-likeness (QED) is 0.827. The van der Waals surface area contributed by atoms with Gasteiger partial charge >= 0.3 is 0 Å². The van der Waals surface area contributed by atoms with E-state index in [0.717, 1.165) is 11.1 Å². The van der Waals surface area contributed by atoms with Crippen LogP contribution in [0.3, 0.4) is 0 Å². The first kappa shape index (κ1) is 16.5. The first-order valence-corrected chi connectivity index (χ1v) is 8.87. The van der Waals surface area contributed by atoms with Crippen LogP contribution in [0.2, 0.25) is 5.02 Å². The maximum atomic E-state index is 12.5. The Morgan fingerprint density at radius 1 is 1.09 bits per heavy atom. The summed E-state index contributed by atoms with van der Waals surface area (Å²) in [5.74, 6) is -0.459. The molecule has 1 unspecified atom stereocenters. The number of rotatable bonds is 5. The van der Waals surface area contributed by atoms with Gasteiger partial charge in [-0.05, 0) is 36.8 Å². The summed E-state index contributed by atoms with van der Waals surface area (Å²) in [4.78, 5) is 0.287. The van der Waals surface area contributed by atoms with Gasteiger partial charge in [0.05, 0.1) is 16.7 Å². The topological polar surface area (TPSA) is 57.9 Å². The largest absolute Gasteiger partial charge is 0.224 e. The molecule has 2 aromatic carbocycles. The second-order valence-electron chi connectivity index (χ2n) is 5.21. The SMILES string of the molecule is Cc1ccc(S(=O)(=O)CC(CC#N)c2ccc(Cl)cc2)cc1. The van der Waals surface area contributed by atoms with Crippen molar-refractivity contribution in [1.29, 1.82) is 5.26 Å². The van der Waals surface area contributed by atoms with Crippen molar-refractivity contribution in [1.82, 2.24) is 0 Å². The molecule has 2 rings (SSSR count). The molecule has 5 heteroatoms. The number of nitrogens with zero attached hydrogens (tertiary/aromatic N) is 1. The number of sulfone groups is 1. The number of aryl methyl sites for hydroxylation is 1. The van der Waals surface area contributed by atoms with Gasteiger partial charge in [0.25, 0.3) is 0 Å². The summed E-state index contributed by atoms with van der Waals surface area (Å²) in [5.41, 5.74) is 1.81. The molecule has 0 spiro atoms. The predicted molar refractivity (Wildman–Crippen MR) is 87.7 cm³/mol. The monoisotopic (exact) mass is 333 g/mol. The summed E-state index contributed by atoms with van der Waals surface area (Å²) in [6.45, 7) is 1.91. The van der Waals surface area contributed by atoms with Crippen LogP contribution in [-0.4, -0.2) is 14.2 Å². The molecule has 0 bridgehead atoms. The van der Waals surface area contributed by atoms with Gasteiger partial charge in [0.1, 0.15) is 0 Å². The lowest BCUT2D eigenvalue weighted by molar-refractivity contribution is 0.588. The van der Waals surface area contributed by atoms with Gasteiger partial charge in [-0.25, -0.2) is 8.42 Å². The van der Waals surface area contributed by atoms with Crippen LogP contribution in [-0.2, 0) is 9.84 Å². The molecule has 114 valence electrons. The van der Waals surface area contributed by atoms with Crippen molar-refractivity contribution in [3.63, 3.8) is 0 Å². The van der Waals surface area contributed by atoms with E-state index in [1.54, 1.807) is 48.5 Å². The number of hydrogen-bond donors (Lipinski definition) is 0. The number of hydrogen-bond acceptors (Lipinski definition) is 3. The molecule has 0 aliphatic carbocycles. The molecule has 0 aliphatic heterocycles. The minimum absolute atomic E-state index is 0.0920. The van der Waals surface area contributed by atoms with E-state index in [1.807, 2.05) is 6.92 Å². The van der Waals surface area contributed by atoms with Crippen molar-refractivity contribution >= 4 is 21.4 Å². The highest BCUT2D eigenvalue weighted by Gasteiger charge is 2.22. The van der Waals surface area contributed by atoms with Gasteiger partial charge in [0.2, 0.25) is 0 Å². The van der Waals surface area contributed by atoms with Gasteiger partial charge in [-0.3, -0.25) is 0 Å². The summed E-state index contributed by atoms with van der Waals surface area (Å²) < 4.78 is 25.1. The van der Waals surface area contributed by atoms with E-state index < -0.39 is 9.84 Å². The standard InChI is InChI=1S/C17H16ClNO2S/c1-13-2-8-17(9-3-13)22(20,21)12-15(10-11-19)14-4-6-16(18)7-5-14/h2-9,15H,10,12H2,1H3. The lowest BCUT2D eigenvalue weighted by atomic mass is 9.98. The van der Waals surface area contributed by atoms with Crippen molar-refractivity contribution < 1.29 is 8.42 Å². The van der Waals surface area contributed by atoms with Crippen molar-refractivity contribution in [3.8, 4) is 6.07 Å². The predicted octanol–water partition coefficient (Wildman–Crippen LogP) is 4.12. The second kappa shape index (κ2) is 6.95. The van der Waals surface area contributed by atoms with E-state index >= 15 is 0 Å². The molecule has 0 saturated heterocycles. The molecule has 0 fully saturated rings. The molecule has 2 aromatic rings. The van der Waals surface area contributed by atoms with Crippen LogP contribution in [0.25, 0.3) is 0 Å². The summed E-state index contributed by atoms with van der Waals surface area (Å²) in [6, 6.07) is 15.8. The number of nitriles is 1. The maximum absolute atomic E-state index is 12.5. The Kier molecular flexibility index (Phi) is 5.23. The first-order chi connectivity index (χ1) is 10.4. The summed E-state index contributed by atoms with van der Waals surface area (Å²) >= 11 is 5.85. The minimum atomic E-state index is -3.44. The molecule has 0 amide bonds. The lowest BCUT2D eigenvalue weighted by Gasteiger charge is -2.15.